The number of hydrogen-bond acceptors (Lipinski definition) is 4. The summed E-state index contributed by atoms with van der Waals surface area (Å²) in [5.41, 5.74) is 0. The van der Waals surface area contributed by atoms with Gasteiger partial charge in [0.2, 0.25) is 0 Å². The molecule has 2 heterocycles. The van der Waals surface area contributed by atoms with E-state index < -0.39 is 0 Å². The number of anilines is 1. The lowest BCUT2D eigenvalue weighted by Crippen LogP contribution is -2.47. The van der Waals surface area contributed by atoms with E-state index >= 15 is 0 Å². The fourth-order valence-electron chi connectivity index (χ4n) is 2.90. The molecule has 0 saturated carbocycles. The Morgan fingerprint density at radius 1 is 1.14 bits per heavy atom. The minimum absolute atomic E-state index is 0.698. The highest BCUT2D eigenvalue weighted by molar-refractivity contribution is 6.18. The van der Waals surface area contributed by atoms with Crippen LogP contribution in [0.3, 0.4) is 0 Å². The van der Waals surface area contributed by atoms with Gasteiger partial charge in [-0.15, -0.1) is 11.6 Å². The van der Waals surface area contributed by atoms with E-state index in [4.69, 9.17) is 16.3 Å². The van der Waals surface area contributed by atoms with Crippen molar-refractivity contribution < 1.29 is 4.74 Å². The molecule has 4 nitrogen and oxygen atoms in total. The Kier molecular flexibility index (Phi) is 4.46. The third-order valence-electron chi connectivity index (χ3n) is 4.04. The number of pyridine rings is 1. The van der Waals surface area contributed by atoms with Crippen LogP contribution in [-0.2, 0) is 0 Å². The van der Waals surface area contributed by atoms with Gasteiger partial charge in [0.15, 0.2) is 0 Å². The fraction of sp³-hybridized carbons (Fsp3) is 0.438. The van der Waals surface area contributed by atoms with E-state index in [0.29, 0.717) is 5.88 Å². The van der Waals surface area contributed by atoms with Crippen molar-refractivity contribution in [2.24, 2.45) is 0 Å². The Labute approximate surface area is 130 Å². The topological polar surface area (TPSA) is 28.6 Å². The zero-order valence-electron chi connectivity index (χ0n) is 12.3. The van der Waals surface area contributed by atoms with Gasteiger partial charge in [-0.05, 0) is 12.1 Å². The molecular formula is C16H20ClN3O. The molecule has 1 aliphatic heterocycles. The van der Waals surface area contributed by atoms with Crippen LogP contribution in [0.2, 0.25) is 0 Å². The van der Waals surface area contributed by atoms with Crippen molar-refractivity contribution in [3.8, 4) is 5.75 Å². The minimum atomic E-state index is 0.698. The lowest BCUT2D eigenvalue weighted by atomic mass is 10.1. The van der Waals surface area contributed by atoms with Crippen molar-refractivity contribution in [1.29, 1.82) is 0 Å². The third kappa shape index (κ3) is 2.92. The van der Waals surface area contributed by atoms with Gasteiger partial charge in [-0.25, -0.2) is 4.98 Å². The molecule has 1 aliphatic rings. The van der Waals surface area contributed by atoms with Gasteiger partial charge in [-0.1, -0.05) is 12.1 Å². The number of piperazine rings is 1. The first kappa shape index (κ1) is 14.4. The van der Waals surface area contributed by atoms with E-state index in [2.05, 4.69) is 20.9 Å². The van der Waals surface area contributed by atoms with Crippen LogP contribution in [0.1, 0.15) is 0 Å². The molecule has 112 valence electrons. The molecule has 5 heteroatoms. The van der Waals surface area contributed by atoms with Gasteiger partial charge in [-0.3, -0.25) is 4.90 Å². The minimum Gasteiger partial charge on any atom is -0.496 e. The van der Waals surface area contributed by atoms with Crippen LogP contribution < -0.4 is 9.64 Å². The van der Waals surface area contributed by atoms with Crippen molar-refractivity contribution in [3.05, 3.63) is 30.5 Å². The van der Waals surface area contributed by atoms with Crippen LogP contribution in [0, 0.1) is 0 Å². The molecule has 0 amide bonds. The molecule has 1 fully saturated rings. The molecule has 0 bridgehead atoms. The number of ether oxygens (including phenoxy) is 1. The van der Waals surface area contributed by atoms with Gasteiger partial charge in [0, 0.05) is 55.6 Å². The Morgan fingerprint density at radius 3 is 2.67 bits per heavy atom. The highest BCUT2D eigenvalue weighted by atomic mass is 35.5. The second-order valence-electron chi connectivity index (χ2n) is 5.21. The van der Waals surface area contributed by atoms with Gasteiger partial charge >= 0.3 is 0 Å². The monoisotopic (exact) mass is 305 g/mol. The molecule has 1 saturated heterocycles. The molecule has 0 aliphatic carbocycles. The summed E-state index contributed by atoms with van der Waals surface area (Å²) in [7, 11) is 1.71. The standard InChI is InChI=1S/C16H20ClN3O/c1-21-15-4-2-3-14-13(15)5-7-18-16(14)20-11-9-19(8-6-17)10-12-20/h2-5,7H,6,8-12H2,1H3. The summed E-state index contributed by atoms with van der Waals surface area (Å²) < 4.78 is 5.45. The van der Waals surface area contributed by atoms with E-state index in [1.807, 2.05) is 24.4 Å². The van der Waals surface area contributed by atoms with Gasteiger partial charge in [0.1, 0.15) is 11.6 Å². The van der Waals surface area contributed by atoms with Crippen LogP contribution in [0.15, 0.2) is 30.5 Å². The van der Waals surface area contributed by atoms with E-state index in [9.17, 15) is 0 Å². The van der Waals surface area contributed by atoms with E-state index in [-0.39, 0.29) is 0 Å². The Hall–Kier alpha value is -1.52. The normalized spacial score (nSPS) is 16.4. The molecule has 1 aromatic heterocycles. The summed E-state index contributed by atoms with van der Waals surface area (Å²) >= 11 is 5.82. The molecule has 0 radical (unpaired) electrons. The zero-order valence-corrected chi connectivity index (χ0v) is 13.0. The van der Waals surface area contributed by atoms with Gasteiger partial charge in [-0.2, -0.15) is 0 Å². The Balaban J connectivity index is 1.88. The number of halogens is 1. The zero-order chi connectivity index (χ0) is 14.7. The second-order valence-corrected chi connectivity index (χ2v) is 5.59. The largest absolute Gasteiger partial charge is 0.496 e. The molecule has 1 aromatic carbocycles. The summed E-state index contributed by atoms with van der Waals surface area (Å²) in [6.45, 7) is 5.01. The highest BCUT2D eigenvalue weighted by Crippen LogP contribution is 2.31. The maximum absolute atomic E-state index is 5.82. The van der Waals surface area contributed by atoms with Crippen LogP contribution in [0.25, 0.3) is 10.8 Å². The maximum Gasteiger partial charge on any atom is 0.136 e. The number of aromatic nitrogens is 1. The second kappa shape index (κ2) is 6.50. The average Bonchev–Trinajstić information content (AvgIpc) is 2.55. The summed E-state index contributed by atoms with van der Waals surface area (Å²) in [5.74, 6) is 2.65. The molecule has 0 spiro atoms. The summed E-state index contributed by atoms with van der Waals surface area (Å²) in [6.07, 6.45) is 1.87. The molecule has 0 N–H and O–H groups in total. The number of methoxy groups -OCH3 is 1. The molecule has 2 aromatic rings. The fourth-order valence-corrected chi connectivity index (χ4v) is 3.13. The lowest BCUT2D eigenvalue weighted by Gasteiger charge is -2.35. The SMILES string of the molecule is COc1cccc2c(N3CCN(CCCl)CC3)nccc12. The first-order valence-electron chi connectivity index (χ1n) is 7.28. The van der Waals surface area contributed by atoms with Crippen molar-refractivity contribution in [3.63, 3.8) is 0 Å². The van der Waals surface area contributed by atoms with Crippen LogP contribution in [0.5, 0.6) is 5.75 Å². The Morgan fingerprint density at radius 2 is 1.95 bits per heavy atom. The molecule has 0 unspecified atom stereocenters. The van der Waals surface area contributed by atoms with Crippen molar-refractivity contribution in [2.75, 3.05) is 50.6 Å². The van der Waals surface area contributed by atoms with Crippen molar-refractivity contribution in [1.82, 2.24) is 9.88 Å². The lowest BCUT2D eigenvalue weighted by molar-refractivity contribution is 0.272. The summed E-state index contributed by atoms with van der Waals surface area (Å²) in [4.78, 5) is 9.35. The summed E-state index contributed by atoms with van der Waals surface area (Å²) in [5, 5.41) is 2.27. The first-order chi connectivity index (χ1) is 10.3. The van der Waals surface area contributed by atoms with Gasteiger partial charge in [0.25, 0.3) is 0 Å². The molecule has 3 rings (SSSR count). The average molecular weight is 306 g/mol. The number of hydrogen-bond donors (Lipinski definition) is 0. The van der Waals surface area contributed by atoms with Crippen LogP contribution >= 0.6 is 11.6 Å². The smallest absolute Gasteiger partial charge is 0.136 e. The van der Waals surface area contributed by atoms with Gasteiger partial charge in [0.05, 0.1) is 7.11 Å². The molecule has 0 atom stereocenters. The predicted molar refractivity (Wildman–Crippen MR) is 87.7 cm³/mol. The van der Waals surface area contributed by atoms with Crippen molar-refractivity contribution in [2.45, 2.75) is 0 Å². The van der Waals surface area contributed by atoms with E-state index in [1.165, 1.54) is 0 Å². The highest BCUT2D eigenvalue weighted by Gasteiger charge is 2.19. The van der Waals surface area contributed by atoms with E-state index in [0.717, 1.165) is 55.1 Å². The van der Waals surface area contributed by atoms with Crippen molar-refractivity contribution >= 4 is 28.2 Å². The third-order valence-corrected chi connectivity index (χ3v) is 4.21. The summed E-state index contributed by atoms with van der Waals surface area (Å²) in [6, 6.07) is 8.15. The number of benzene rings is 1. The van der Waals surface area contributed by atoms with E-state index in [1.54, 1.807) is 7.11 Å². The quantitative estimate of drug-likeness (QED) is 0.812. The molecular weight excluding hydrogens is 286 g/mol. The Bertz CT molecular complexity index is 611. The van der Waals surface area contributed by atoms with Crippen LogP contribution in [-0.4, -0.2) is 55.6 Å². The number of nitrogens with zero attached hydrogens (tertiary/aromatic N) is 3. The first-order valence-corrected chi connectivity index (χ1v) is 7.82. The van der Waals surface area contributed by atoms with Gasteiger partial charge < -0.3 is 9.64 Å². The number of rotatable bonds is 4. The van der Waals surface area contributed by atoms with Crippen LogP contribution in [0.4, 0.5) is 5.82 Å². The number of alkyl halides is 1. The predicted octanol–water partition coefficient (Wildman–Crippen LogP) is 2.60. The number of fused-ring (bicyclic) bond motifs is 1. The molecule has 21 heavy (non-hydrogen) atoms. The maximum atomic E-state index is 5.82.